The zero-order valence-electron chi connectivity index (χ0n) is 15.6. The number of benzene rings is 1. The average molecular weight is 372 g/mol. The lowest BCUT2D eigenvalue weighted by Gasteiger charge is -2.22. The lowest BCUT2D eigenvalue weighted by atomic mass is 10.1. The Hall–Kier alpha value is -3.48. The summed E-state index contributed by atoms with van der Waals surface area (Å²) < 4.78 is 7.19. The van der Waals surface area contributed by atoms with Gasteiger partial charge in [-0.3, -0.25) is 0 Å². The lowest BCUT2D eigenvalue weighted by Crippen LogP contribution is -2.24. The minimum Gasteiger partial charge on any atom is -0.497 e. The number of pyridine rings is 1. The fourth-order valence-corrected chi connectivity index (χ4v) is 3.85. The standard InChI is InChI=1S/C21H20N6O/c1-28-17-6-2-5-15(13-17)16-8-9-19-20(24-25-27(19)14-16)18-7-3-12-26(18)21-22-10-4-11-23-21/h2,4-6,8-11,13-14,18H,3,7,12H2,1H3. The first kappa shape index (κ1) is 16.7. The van der Waals surface area contributed by atoms with Crippen LogP contribution in [0.3, 0.4) is 0 Å². The Morgan fingerprint density at radius 2 is 1.93 bits per heavy atom. The van der Waals surface area contributed by atoms with E-state index in [4.69, 9.17) is 4.74 Å². The van der Waals surface area contributed by atoms with Gasteiger partial charge in [-0.1, -0.05) is 23.4 Å². The van der Waals surface area contributed by atoms with Crippen molar-refractivity contribution in [2.24, 2.45) is 0 Å². The summed E-state index contributed by atoms with van der Waals surface area (Å²) in [7, 11) is 1.68. The molecule has 0 radical (unpaired) electrons. The normalized spacial score (nSPS) is 16.6. The highest BCUT2D eigenvalue weighted by atomic mass is 16.5. The molecular formula is C21H20N6O. The Morgan fingerprint density at radius 1 is 1.04 bits per heavy atom. The molecule has 1 unspecified atom stereocenters. The number of fused-ring (bicyclic) bond motifs is 1. The van der Waals surface area contributed by atoms with Gasteiger partial charge in [0.15, 0.2) is 0 Å². The van der Waals surface area contributed by atoms with E-state index in [0.717, 1.165) is 53.4 Å². The van der Waals surface area contributed by atoms with Crippen LogP contribution in [0.4, 0.5) is 5.95 Å². The highest BCUT2D eigenvalue weighted by Gasteiger charge is 2.31. The van der Waals surface area contributed by atoms with E-state index in [9.17, 15) is 0 Å². The fourth-order valence-electron chi connectivity index (χ4n) is 3.85. The molecule has 0 N–H and O–H groups in total. The van der Waals surface area contributed by atoms with Gasteiger partial charge >= 0.3 is 0 Å². The van der Waals surface area contributed by atoms with Gasteiger partial charge in [-0.2, -0.15) is 0 Å². The quantitative estimate of drug-likeness (QED) is 0.546. The van der Waals surface area contributed by atoms with Crippen molar-refractivity contribution in [3.63, 3.8) is 0 Å². The molecule has 1 aliphatic rings. The van der Waals surface area contributed by atoms with Gasteiger partial charge in [-0.05, 0) is 42.7 Å². The van der Waals surface area contributed by atoms with Gasteiger partial charge in [0.1, 0.15) is 11.4 Å². The summed E-state index contributed by atoms with van der Waals surface area (Å²) in [5, 5.41) is 8.90. The van der Waals surface area contributed by atoms with Crippen molar-refractivity contribution < 1.29 is 4.74 Å². The zero-order valence-corrected chi connectivity index (χ0v) is 15.6. The average Bonchev–Trinajstić information content (AvgIpc) is 3.40. The first-order valence-electron chi connectivity index (χ1n) is 9.36. The van der Waals surface area contributed by atoms with Crippen molar-refractivity contribution in [2.75, 3.05) is 18.6 Å². The number of hydrogen-bond donors (Lipinski definition) is 0. The van der Waals surface area contributed by atoms with Crippen molar-refractivity contribution in [1.82, 2.24) is 24.8 Å². The molecule has 7 heteroatoms. The van der Waals surface area contributed by atoms with Gasteiger partial charge < -0.3 is 9.64 Å². The number of aromatic nitrogens is 5. The number of hydrogen-bond acceptors (Lipinski definition) is 6. The summed E-state index contributed by atoms with van der Waals surface area (Å²) in [6.45, 7) is 0.926. The third-order valence-electron chi connectivity index (χ3n) is 5.22. The lowest BCUT2D eigenvalue weighted by molar-refractivity contribution is 0.415. The van der Waals surface area contributed by atoms with E-state index in [-0.39, 0.29) is 6.04 Å². The van der Waals surface area contributed by atoms with Crippen LogP contribution in [-0.2, 0) is 0 Å². The number of anilines is 1. The number of rotatable bonds is 4. The fraction of sp³-hybridized carbons (Fsp3) is 0.238. The van der Waals surface area contributed by atoms with Gasteiger partial charge in [-0.15, -0.1) is 5.10 Å². The van der Waals surface area contributed by atoms with Crippen LogP contribution in [0.2, 0.25) is 0 Å². The second-order valence-corrected chi connectivity index (χ2v) is 6.85. The Kier molecular flexibility index (Phi) is 4.12. The summed E-state index contributed by atoms with van der Waals surface area (Å²) in [5.41, 5.74) is 4.14. The van der Waals surface area contributed by atoms with Crippen LogP contribution in [0.1, 0.15) is 24.6 Å². The maximum Gasteiger partial charge on any atom is 0.225 e. The second-order valence-electron chi connectivity index (χ2n) is 6.85. The summed E-state index contributed by atoms with van der Waals surface area (Å²) in [6.07, 6.45) is 7.68. The molecule has 0 saturated carbocycles. The molecule has 0 amide bonds. The Bertz CT molecular complexity index is 1110. The third kappa shape index (κ3) is 2.85. The molecule has 1 atom stereocenters. The molecule has 1 fully saturated rings. The first-order chi connectivity index (χ1) is 13.8. The van der Waals surface area contributed by atoms with Crippen molar-refractivity contribution >= 4 is 11.5 Å². The van der Waals surface area contributed by atoms with E-state index >= 15 is 0 Å². The summed E-state index contributed by atoms with van der Waals surface area (Å²) in [5.74, 6) is 1.58. The van der Waals surface area contributed by atoms with Crippen molar-refractivity contribution in [1.29, 1.82) is 0 Å². The van der Waals surface area contributed by atoms with Crippen LogP contribution < -0.4 is 9.64 Å². The van der Waals surface area contributed by atoms with E-state index in [1.807, 2.05) is 35.0 Å². The van der Waals surface area contributed by atoms with Crippen molar-refractivity contribution in [2.45, 2.75) is 18.9 Å². The Balaban J connectivity index is 1.51. The molecule has 0 aliphatic carbocycles. The highest BCUT2D eigenvalue weighted by molar-refractivity contribution is 5.68. The maximum absolute atomic E-state index is 5.34. The Labute approximate surface area is 162 Å². The largest absolute Gasteiger partial charge is 0.497 e. The van der Waals surface area contributed by atoms with Crippen LogP contribution in [0, 0.1) is 0 Å². The monoisotopic (exact) mass is 372 g/mol. The SMILES string of the molecule is COc1cccc(-c2ccc3c(C4CCCN4c4ncccn4)nnn3c2)c1. The van der Waals surface area contributed by atoms with E-state index < -0.39 is 0 Å². The minimum absolute atomic E-state index is 0.141. The van der Waals surface area contributed by atoms with Gasteiger partial charge in [-0.25, -0.2) is 14.5 Å². The number of ether oxygens (including phenoxy) is 1. The van der Waals surface area contributed by atoms with Crippen molar-refractivity contribution in [3.05, 3.63) is 66.7 Å². The van der Waals surface area contributed by atoms with E-state index in [0.29, 0.717) is 0 Å². The van der Waals surface area contributed by atoms with Crippen LogP contribution in [0.25, 0.3) is 16.6 Å². The molecule has 0 spiro atoms. The molecule has 0 bridgehead atoms. The van der Waals surface area contributed by atoms with Crippen molar-refractivity contribution in [3.8, 4) is 16.9 Å². The van der Waals surface area contributed by atoms with Gasteiger partial charge in [0.25, 0.3) is 0 Å². The maximum atomic E-state index is 5.34. The first-order valence-corrected chi connectivity index (χ1v) is 9.36. The molecule has 1 aliphatic heterocycles. The summed E-state index contributed by atoms with van der Waals surface area (Å²) in [4.78, 5) is 11.1. The van der Waals surface area contributed by atoms with Crippen LogP contribution in [-0.4, -0.2) is 38.4 Å². The topological polar surface area (TPSA) is 68.4 Å². The number of nitrogens with zero attached hydrogens (tertiary/aromatic N) is 6. The summed E-state index contributed by atoms with van der Waals surface area (Å²) in [6, 6.07) is 14.2. The van der Waals surface area contributed by atoms with Crippen LogP contribution in [0.15, 0.2) is 61.1 Å². The molecule has 1 aromatic carbocycles. The molecule has 3 aromatic heterocycles. The smallest absolute Gasteiger partial charge is 0.225 e. The molecule has 28 heavy (non-hydrogen) atoms. The summed E-state index contributed by atoms with van der Waals surface area (Å²) >= 11 is 0. The molecule has 4 aromatic rings. The van der Waals surface area contributed by atoms with Crippen LogP contribution >= 0.6 is 0 Å². The Morgan fingerprint density at radius 3 is 2.79 bits per heavy atom. The van der Waals surface area contributed by atoms with Gasteiger partial charge in [0.05, 0.1) is 18.7 Å². The predicted octanol–water partition coefficient (Wildman–Crippen LogP) is 3.54. The third-order valence-corrected chi connectivity index (χ3v) is 5.22. The molecule has 7 nitrogen and oxygen atoms in total. The predicted molar refractivity (Wildman–Crippen MR) is 106 cm³/mol. The van der Waals surface area contributed by atoms with E-state index in [2.05, 4.69) is 43.4 Å². The minimum atomic E-state index is 0.141. The highest BCUT2D eigenvalue weighted by Crippen LogP contribution is 2.35. The molecule has 1 saturated heterocycles. The molecule has 5 rings (SSSR count). The molecular weight excluding hydrogens is 352 g/mol. The van der Waals surface area contributed by atoms with Gasteiger partial charge in [0.2, 0.25) is 5.95 Å². The zero-order chi connectivity index (χ0) is 18.9. The second kappa shape index (κ2) is 6.92. The van der Waals surface area contributed by atoms with Gasteiger partial charge in [0, 0.05) is 30.7 Å². The van der Waals surface area contributed by atoms with Crippen LogP contribution in [0.5, 0.6) is 5.75 Å². The molecule has 4 heterocycles. The number of methoxy groups -OCH3 is 1. The molecule has 140 valence electrons. The van der Waals surface area contributed by atoms with E-state index in [1.54, 1.807) is 19.5 Å². The van der Waals surface area contributed by atoms with E-state index in [1.165, 1.54) is 0 Å².